The highest BCUT2D eigenvalue weighted by molar-refractivity contribution is 9.11. The number of anilines is 1. The number of ether oxygens (including phenoxy) is 2. The minimum atomic E-state index is 0.297. The summed E-state index contributed by atoms with van der Waals surface area (Å²) in [4.78, 5) is 0. The minimum Gasteiger partial charge on any atom is -0.454 e. The molecule has 0 atom stereocenters. The first-order valence-corrected chi connectivity index (χ1v) is 7.39. The van der Waals surface area contributed by atoms with E-state index in [9.17, 15) is 0 Å². The van der Waals surface area contributed by atoms with Crippen LogP contribution in [0.15, 0.2) is 45.3 Å². The van der Waals surface area contributed by atoms with Crippen LogP contribution in [0.3, 0.4) is 0 Å². The average Bonchev–Trinajstić information content (AvgIpc) is 2.87. The molecule has 0 fully saturated rings. The zero-order chi connectivity index (χ0) is 13.2. The molecule has 98 valence electrons. The molecule has 1 heterocycles. The molecular weight excluding hydrogens is 374 g/mol. The van der Waals surface area contributed by atoms with Crippen molar-refractivity contribution in [2.45, 2.75) is 6.54 Å². The molecule has 0 amide bonds. The van der Waals surface area contributed by atoms with Crippen molar-refractivity contribution >= 4 is 37.5 Å². The Morgan fingerprint density at radius 2 is 1.74 bits per heavy atom. The molecular formula is C14H11Br2NO2. The standard InChI is InChI=1S/C14H11Br2NO2/c15-10-4-2-5-11(16)13(10)17-7-9-3-1-6-12-14(9)19-8-18-12/h1-6,17H,7-8H2. The molecule has 19 heavy (non-hydrogen) atoms. The van der Waals surface area contributed by atoms with E-state index >= 15 is 0 Å². The van der Waals surface area contributed by atoms with Crippen molar-refractivity contribution < 1.29 is 9.47 Å². The predicted octanol–water partition coefficient (Wildman–Crippen LogP) is 4.55. The van der Waals surface area contributed by atoms with Crippen molar-refractivity contribution in [3.63, 3.8) is 0 Å². The van der Waals surface area contributed by atoms with Crippen LogP contribution in [-0.2, 0) is 6.54 Å². The lowest BCUT2D eigenvalue weighted by Gasteiger charge is -2.12. The lowest BCUT2D eigenvalue weighted by Crippen LogP contribution is -2.02. The fourth-order valence-corrected chi connectivity index (χ4v) is 3.26. The molecule has 0 saturated carbocycles. The van der Waals surface area contributed by atoms with Gasteiger partial charge in [0, 0.05) is 21.1 Å². The molecule has 3 rings (SSSR count). The van der Waals surface area contributed by atoms with Crippen LogP contribution in [-0.4, -0.2) is 6.79 Å². The molecule has 2 aromatic carbocycles. The molecule has 0 spiro atoms. The van der Waals surface area contributed by atoms with Gasteiger partial charge in [0.1, 0.15) is 0 Å². The summed E-state index contributed by atoms with van der Waals surface area (Å²) >= 11 is 7.07. The Morgan fingerprint density at radius 1 is 1.00 bits per heavy atom. The van der Waals surface area contributed by atoms with E-state index < -0.39 is 0 Å². The molecule has 0 radical (unpaired) electrons. The smallest absolute Gasteiger partial charge is 0.231 e. The van der Waals surface area contributed by atoms with Crippen LogP contribution in [0.25, 0.3) is 0 Å². The third-order valence-corrected chi connectivity index (χ3v) is 4.22. The Bertz CT molecular complexity index is 596. The van der Waals surface area contributed by atoms with E-state index in [0.29, 0.717) is 13.3 Å². The van der Waals surface area contributed by atoms with E-state index in [1.165, 1.54) is 0 Å². The van der Waals surface area contributed by atoms with E-state index in [4.69, 9.17) is 9.47 Å². The highest BCUT2D eigenvalue weighted by atomic mass is 79.9. The van der Waals surface area contributed by atoms with Gasteiger partial charge in [0.15, 0.2) is 11.5 Å². The second-order valence-corrected chi connectivity index (χ2v) is 5.81. The first-order valence-electron chi connectivity index (χ1n) is 5.81. The van der Waals surface area contributed by atoms with Crippen molar-refractivity contribution in [1.82, 2.24) is 0 Å². The first kappa shape index (κ1) is 12.8. The third kappa shape index (κ3) is 2.58. The number of rotatable bonds is 3. The molecule has 5 heteroatoms. The van der Waals surface area contributed by atoms with Gasteiger partial charge in [-0.3, -0.25) is 0 Å². The number of benzene rings is 2. The van der Waals surface area contributed by atoms with Crippen LogP contribution >= 0.6 is 31.9 Å². The molecule has 1 aliphatic heterocycles. The van der Waals surface area contributed by atoms with Crippen LogP contribution in [0.5, 0.6) is 11.5 Å². The summed E-state index contributed by atoms with van der Waals surface area (Å²) < 4.78 is 12.9. The van der Waals surface area contributed by atoms with Crippen LogP contribution in [0.2, 0.25) is 0 Å². The maximum atomic E-state index is 5.49. The average molecular weight is 385 g/mol. The second kappa shape index (κ2) is 5.43. The van der Waals surface area contributed by atoms with Gasteiger partial charge in [0.05, 0.1) is 5.69 Å². The van der Waals surface area contributed by atoms with Gasteiger partial charge in [0.2, 0.25) is 6.79 Å². The van der Waals surface area contributed by atoms with Gasteiger partial charge < -0.3 is 14.8 Å². The second-order valence-electron chi connectivity index (χ2n) is 4.10. The van der Waals surface area contributed by atoms with Crippen LogP contribution in [0.4, 0.5) is 5.69 Å². The van der Waals surface area contributed by atoms with Gasteiger partial charge in [-0.25, -0.2) is 0 Å². The molecule has 0 saturated heterocycles. The Kier molecular flexibility index (Phi) is 3.66. The van der Waals surface area contributed by atoms with E-state index in [1.54, 1.807) is 0 Å². The molecule has 3 nitrogen and oxygen atoms in total. The topological polar surface area (TPSA) is 30.5 Å². The Balaban J connectivity index is 1.82. The molecule has 0 aromatic heterocycles. The summed E-state index contributed by atoms with van der Waals surface area (Å²) in [6, 6.07) is 11.9. The molecule has 1 N–H and O–H groups in total. The van der Waals surface area contributed by atoms with Crippen molar-refractivity contribution in [1.29, 1.82) is 0 Å². The van der Waals surface area contributed by atoms with Crippen LogP contribution in [0, 0.1) is 0 Å². The number of halogens is 2. The summed E-state index contributed by atoms with van der Waals surface area (Å²) in [7, 11) is 0. The number of hydrogen-bond acceptors (Lipinski definition) is 3. The largest absolute Gasteiger partial charge is 0.454 e. The minimum absolute atomic E-state index is 0.297. The fraction of sp³-hybridized carbons (Fsp3) is 0.143. The summed E-state index contributed by atoms with van der Waals surface area (Å²) in [6.45, 7) is 0.971. The monoisotopic (exact) mass is 383 g/mol. The van der Waals surface area contributed by atoms with Gasteiger partial charge in [-0.2, -0.15) is 0 Å². The first-order chi connectivity index (χ1) is 9.25. The SMILES string of the molecule is Brc1cccc(Br)c1NCc1cccc2c1OCO2. The summed E-state index contributed by atoms with van der Waals surface area (Å²) in [5.41, 5.74) is 2.11. The highest BCUT2D eigenvalue weighted by Crippen LogP contribution is 2.37. The lowest BCUT2D eigenvalue weighted by molar-refractivity contribution is 0.173. The Hall–Kier alpha value is -1.20. The molecule has 0 aliphatic carbocycles. The maximum absolute atomic E-state index is 5.49. The van der Waals surface area contributed by atoms with Gasteiger partial charge >= 0.3 is 0 Å². The quantitative estimate of drug-likeness (QED) is 0.841. The third-order valence-electron chi connectivity index (χ3n) is 2.90. The molecule has 0 bridgehead atoms. The van der Waals surface area contributed by atoms with Gasteiger partial charge in [-0.05, 0) is 50.1 Å². The van der Waals surface area contributed by atoms with E-state index in [-0.39, 0.29) is 0 Å². The fourth-order valence-electron chi connectivity index (χ4n) is 1.98. The summed E-state index contributed by atoms with van der Waals surface area (Å²) in [5.74, 6) is 1.64. The van der Waals surface area contributed by atoms with E-state index in [0.717, 1.165) is 31.7 Å². The summed E-state index contributed by atoms with van der Waals surface area (Å²) in [6.07, 6.45) is 0. The molecule has 2 aromatic rings. The number of para-hydroxylation sites is 2. The number of hydrogen-bond donors (Lipinski definition) is 1. The van der Waals surface area contributed by atoms with Crippen molar-refractivity contribution in [2.24, 2.45) is 0 Å². The Morgan fingerprint density at radius 3 is 2.53 bits per heavy atom. The van der Waals surface area contributed by atoms with Crippen LogP contribution in [0.1, 0.15) is 5.56 Å². The molecule has 0 unspecified atom stereocenters. The van der Waals surface area contributed by atoms with E-state index in [1.807, 2.05) is 36.4 Å². The van der Waals surface area contributed by atoms with E-state index in [2.05, 4.69) is 37.2 Å². The highest BCUT2D eigenvalue weighted by Gasteiger charge is 2.17. The van der Waals surface area contributed by atoms with Gasteiger partial charge in [-0.1, -0.05) is 18.2 Å². The van der Waals surface area contributed by atoms with Crippen molar-refractivity contribution in [3.8, 4) is 11.5 Å². The van der Waals surface area contributed by atoms with Crippen molar-refractivity contribution in [2.75, 3.05) is 12.1 Å². The number of nitrogens with one attached hydrogen (secondary N) is 1. The zero-order valence-electron chi connectivity index (χ0n) is 9.95. The Labute approximate surface area is 128 Å². The van der Waals surface area contributed by atoms with Gasteiger partial charge in [0.25, 0.3) is 0 Å². The van der Waals surface area contributed by atoms with Gasteiger partial charge in [-0.15, -0.1) is 0 Å². The normalized spacial score (nSPS) is 12.5. The van der Waals surface area contributed by atoms with Crippen molar-refractivity contribution in [3.05, 3.63) is 50.9 Å². The number of fused-ring (bicyclic) bond motifs is 1. The summed E-state index contributed by atoms with van der Waals surface area (Å²) in [5, 5.41) is 3.40. The predicted molar refractivity (Wildman–Crippen MR) is 81.7 cm³/mol. The zero-order valence-corrected chi connectivity index (χ0v) is 13.1. The maximum Gasteiger partial charge on any atom is 0.231 e. The molecule has 1 aliphatic rings. The van der Waals surface area contributed by atoms with Crippen LogP contribution < -0.4 is 14.8 Å². The lowest BCUT2D eigenvalue weighted by atomic mass is 10.2.